The first-order valence-electron chi connectivity index (χ1n) is 10.9. The SMILES string of the molecule is S=C(N=P(c1ccccc1)(N1CCOCC1)N1CCOCC1)N1CCCCCC1. The van der Waals surface area contributed by atoms with Gasteiger partial charge >= 0.3 is 0 Å². The Morgan fingerprint density at radius 3 is 1.79 bits per heavy atom. The predicted molar refractivity (Wildman–Crippen MR) is 123 cm³/mol. The summed E-state index contributed by atoms with van der Waals surface area (Å²) >= 11 is 5.99. The molecule has 8 heteroatoms. The Labute approximate surface area is 180 Å². The number of likely N-dealkylation sites (tertiary alicyclic amines) is 1. The van der Waals surface area contributed by atoms with Gasteiger partial charge in [-0.15, -0.1) is 0 Å². The first-order chi connectivity index (χ1) is 14.3. The molecule has 3 aliphatic heterocycles. The second-order valence-electron chi connectivity index (χ2n) is 7.82. The summed E-state index contributed by atoms with van der Waals surface area (Å²) in [4.78, 5) is 2.35. The van der Waals surface area contributed by atoms with Gasteiger partial charge in [-0.2, -0.15) is 0 Å². The summed E-state index contributed by atoms with van der Waals surface area (Å²) in [6.07, 6.45) is 5.01. The van der Waals surface area contributed by atoms with Crippen molar-refractivity contribution in [3.63, 3.8) is 0 Å². The van der Waals surface area contributed by atoms with Crippen LogP contribution in [-0.4, -0.2) is 85.0 Å². The average Bonchev–Trinajstić information content (AvgIpc) is 3.09. The molecule has 0 radical (unpaired) electrons. The first-order valence-corrected chi connectivity index (χ1v) is 13.0. The molecule has 3 aliphatic rings. The lowest BCUT2D eigenvalue weighted by molar-refractivity contribution is 0.0579. The summed E-state index contributed by atoms with van der Waals surface area (Å²) in [7, 11) is -2.19. The maximum Gasteiger partial charge on any atom is 0.196 e. The van der Waals surface area contributed by atoms with E-state index in [4.69, 9.17) is 26.4 Å². The fraction of sp³-hybridized carbons (Fsp3) is 0.667. The van der Waals surface area contributed by atoms with Crippen LogP contribution in [-0.2, 0) is 9.47 Å². The molecule has 0 aliphatic carbocycles. The summed E-state index contributed by atoms with van der Waals surface area (Å²) in [5, 5.41) is 2.09. The zero-order valence-corrected chi connectivity index (χ0v) is 19.0. The molecule has 6 nitrogen and oxygen atoms in total. The van der Waals surface area contributed by atoms with E-state index in [0.717, 1.165) is 70.8 Å². The molecule has 0 spiro atoms. The summed E-state index contributed by atoms with van der Waals surface area (Å²) in [5.41, 5.74) is 0. The minimum atomic E-state index is -2.19. The van der Waals surface area contributed by atoms with Crippen LogP contribution in [0.2, 0.25) is 0 Å². The van der Waals surface area contributed by atoms with E-state index in [1.807, 2.05) is 0 Å². The molecule has 0 bridgehead atoms. The van der Waals surface area contributed by atoms with Crippen molar-refractivity contribution in [2.75, 3.05) is 65.7 Å². The van der Waals surface area contributed by atoms with Crippen molar-refractivity contribution in [1.29, 1.82) is 0 Å². The van der Waals surface area contributed by atoms with E-state index >= 15 is 0 Å². The van der Waals surface area contributed by atoms with Crippen LogP contribution in [0.3, 0.4) is 0 Å². The van der Waals surface area contributed by atoms with Gasteiger partial charge in [0.25, 0.3) is 0 Å². The molecule has 0 amide bonds. The number of nitrogens with zero attached hydrogens (tertiary/aromatic N) is 4. The molecule has 29 heavy (non-hydrogen) atoms. The second-order valence-corrected chi connectivity index (χ2v) is 11.2. The molecule has 0 unspecified atom stereocenters. The maximum atomic E-state index is 5.99. The number of morpholine rings is 2. The lowest BCUT2D eigenvalue weighted by Gasteiger charge is -2.47. The Morgan fingerprint density at radius 2 is 1.28 bits per heavy atom. The minimum absolute atomic E-state index is 0.755. The number of hydrogen-bond donors (Lipinski definition) is 0. The number of ether oxygens (including phenoxy) is 2. The van der Waals surface area contributed by atoms with Crippen LogP contribution in [0.5, 0.6) is 0 Å². The van der Waals surface area contributed by atoms with Gasteiger partial charge in [0.15, 0.2) is 5.11 Å². The van der Waals surface area contributed by atoms with Gasteiger partial charge in [0.2, 0.25) is 0 Å². The molecular formula is C21H33N4O2PS. The summed E-state index contributed by atoms with van der Waals surface area (Å²) in [6, 6.07) is 10.8. The monoisotopic (exact) mass is 436 g/mol. The zero-order valence-electron chi connectivity index (χ0n) is 17.2. The molecule has 0 saturated carbocycles. The molecule has 3 heterocycles. The van der Waals surface area contributed by atoms with Gasteiger partial charge in [-0.05, 0) is 25.1 Å². The second kappa shape index (κ2) is 10.5. The van der Waals surface area contributed by atoms with Crippen molar-refractivity contribution in [3.05, 3.63) is 30.3 Å². The van der Waals surface area contributed by atoms with E-state index in [2.05, 4.69) is 44.6 Å². The number of rotatable bonds is 3. The Morgan fingerprint density at radius 1 is 0.759 bits per heavy atom. The van der Waals surface area contributed by atoms with Gasteiger partial charge in [0, 0.05) is 44.6 Å². The Kier molecular flexibility index (Phi) is 7.73. The predicted octanol–water partition coefficient (Wildman–Crippen LogP) is 3.17. The lowest BCUT2D eigenvalue weighted by Crippen LogP contribution is -2.47. The van der Waals surface area contributed by atoms with E-state index in [1.54, 1.807) is 0 Å². The van der Waals surface area contributed by atoms with E-state index in [9.17, 15) is 0 Å². The van der Waals surface area contributed by atoms with Gasteiger partial charge in [0.05, 0.1) is 26.4 Å². The Balaban J connectivity index is 1.80. The smallest absolute Gasteiger partial charge is 0.196 e. The third-order valence-corrected chi connectivity index (χ3v) is 10.3. The molecule has 1 aromatic rings. The molecule has 0 atom stereocenters. The third kappa shape index (κ3) is 4.92. The molecule has 1 aromatic carbocycles. The van der Waals surface area contributed by atoms with Crippen molar-refractivity contribution < 1.29 is 9.47 Å². The molecule has 3 saturated heterocycles. The van der Waals surface area contributed by atoms with Crippen LogP contribution in [0.25, 0.3) is 0 Å². The van der Waals surface area contributed by atoms with E-state index in [0.29, 0.717) is 0 Å². The van der Waals surface area contributed by atoms with Crippen LogP contribution in [0.15, 0.2) is 35.1 Å². The number of hydrogen-bond acceptors (Lipinski definition) is 3. The number of benzene rings is 1. The summed E-state index contributed by atoms with van der Waals surface area (Å²) in [6.45, 7) is 8.66. The zero-order chi connectivity index (χ0) is 19.9. The van der Waals surface area contributed by atoms with Crippen molar-refractivity contribution >= 4 is 30.0 Å². The minimum Gasteiger partial charge on any atom is -0.379 e. The maximum absolute atomic E-state index is 5.99. The fourth-order valence-electron chi connectivity index (χ4n) is 4.43. The molecule has 0 N–H and O–H groups in total. The van der Waals surface area contributed by atoms with Crippen LogP contribution in [0.1, 0.15) is 25.7 Å². The van der Waals surface area contributed by atoms with E-state index in [-0.39, 0.29) is 0 Å². The van der Waals surface area contributed by atoms with Gasteiger partial charge in [-0.3, -0.25) is 0 Å². The molecule has 0 aromatic heterocycles. The summed E-state index contributed by atoms with van der Waals surface area (Å²) in [5.74, 6) is 0. The van der Waals surface area contributed by atoms with Gasteiger partial charge in [0.1, 0.15) is 7.36 Å². The van der Waals surface area contributed by atoms with Gasteiger partial charge in [-0.25, -0.2) is 14.1 Å². The van der Waals surface area contributed by atoms with E-state index < -0.39 is 7.36 Å². The normalized spacial score (nSPS) is 22.8. The lowest BCUT2D eigenvalue weighted by atomic mass is 10.2. The Bertz CT molecular complexity index is 691. The van der Waals surface area contributed by atoms with Crippen LogP contribution in [0.4, 0.5) is 0 Å². The third-order valence-electron chi connectivity index (χ3n) is 5.97. The molecule has 4 rings (SSSR count). The van der Waals surface area contributed by atoms with E-state index in [1.165, 1.54) is 31.0 Å². The van der Waals surface area contributed by atoms with Crippen molar-refractivity contribution in [2.45, 2.75) is 25.7 Å². The molecule has 160 valence electrons. The van der Waals surface area contributed by atoms with Crippen molar-refractivity contribution in [2.24, 2.45) is 4.74 Å². The highest BCUT2D eigenvalue weighted by molar-refractivity contribution is 7.81. The van der Waals surface area contributed by atoms with Gasteiger partial charge in [-0.1, -0.05) is 43.2 Å². The molecule has 3 fully saturated rings. The number of thiocarbonyl (C=S) groups is 1. The highest BCUT2D eigenvalue weighted by Crippen LogP contribution is 2.56. The van der Waals surface area contributed by atoms with Crippen LogP contribution < -0.4 is 5.30 Å². The first kappa shape index (κ1) is 21.4. The summed E-state index contributed by atoms with van der Waals surface area (Å²) < 4.78 is 22.0. The van der Waals surface area contributed by atoms with Crippen LogP contribution >= 0.6 is 19.6 Å². The Hall–Kier alpha value is -0.820. The van der Waals surface area contributed by atoms with Crippen molar-refractivity contribution in [3.8, 4) is 0 Å². The highest BCUT2D eigenvalue weighted by atomic mass is 32.1. The fourth-order valence-corrected chi connectivity index (χ4v) is 8.71. The highest BCUT2D eigenvalue weighted by Gasteiger charge is 2.39. The van der Waals surface area contributed by atoms with Crippen LogP contribution in [0, 0.1) is 0 Å². The average molecular weight is 437 g/mol. The quantitative estimate of drug-likeness (QED) is 0.536. The molecular weight excluding hydrogens is 403 g/mol. The van der Waals surface area contributed by atoms with Gasteiger partial charge < -0.3 is 14.4 Å². The standard InChI is InChI=1S/C21H33N4O2PS/c29-21(23-10-6-1-2-7-11-23)22-28(20-8-4-3-5-9-20,24-12-16-26-17-13-24)25-14-18-27-19-15-25/h3-5,8-9H,1-2,6-7,10-19H2. The topological polar surface area (TPSA) is 40.5 Å². The largest absolute Gasteiger partial charge is 0.379 e. The van der Waals surface area contributed by atoms with Crippen molar-refractivity contribution in [1.82, 2.24) is 14.2 Å².